The largest absolute Gasteiger partial charge is 0.340 e. The van der Waals surface area contributed by atoms with Gasteiger partial charge in [0.1, 0.15) is 17.0 Å². The fourth-order valence-corrected chi connectivity index (χ4v) is 5.56. The number of H-pyrrole nitrogens is 1. The van der Waals surface area contributed by atoms with Crippen molar-refractivity contribution < 1.29 is 0 Å². The van der Waals surface area contributed by atoms with Gasteiger partial charge in [0.2, 0.25) is 0 Å². The molecular weight excluding hydrogens is 368 g/mol. The lowest BCUT2D eigenvalue weighted by Gasteiger charge is -2.22. The monoisotopic (exact) mass is 392 g/mol. The smallest absolute Gasteiger partial charge is 0.142 e. The number of aryl methyl sites for hydroxylation is 1. The van der Waals surface area contributed by atoms with Gasteiger partial charge in [0.15, 0.2) is 0 Å². The number of benzene rings is 1. The van der Waals surface area contributed by atoms with Gasteiger partial charge in [-0.25, -0.2) is 9.97 Å². The molecule has 1 aromatic carbocycles. The second kappa shape index (κ2) is 7.48. The molecule has 0 amide bonds. The van der Waals surface area contributed by atoms with Gasteiger partial charge in [-0.15, -0.1) is 11.3 Å². The zero-order valence-corrected chi connectivity index (χ0v) is 16.6. The molecule has 0 saturated carbocycles. The number of nitrogens with zero attached hydrogens (tertiary/aromatic N) is 3. The number of anilines is 2. The van der Waals surface area contributed by atoms with Crippen LogP contribution < -0.4 is 11.1 Å². The summed E-state index contributed by atoms with van der Waals surface area (Å²) in [6, 6.07) is 6.19. The minimum Gasteiger partial charge on any atom is -0.340 e. The molecular formula is C21H24N6S. The molecule has 3 heterocycles. The number of hydrogen-bond acceptors (Lipinski definition) is 6. The normalized spacial score (nSPS) is 16.5. The Morgan fingerprint density at radius 3 is 3.14 bits per heavy atom. The summed E-state index contributed by atoms with van der Waals surface area (Å²) in [5.74, 6) is 1.69. The van der Waals surface area contributed by atoms with Gasteiger partial charge in [-0.1, -0.05) is 12.8 Å². The predicted octanol–water partition coefficient (Wildman–Crippen LogP) is 4.55. The number of nitrogens with one attached hydrogen (secondary N) is 2. The number of unbranched alkanes of at least 4 members (excludes halogenated alkanes) is 1. The van der Waals surface area contributed by atoms with Crippen LogP contribution in [0.1, 0.15) is 36.1 Å². The van der Waals surface area contributed by atoms with Gasteiger partial charge in [-0.05, 0) is 61.9 Å². The first-order valence-corrected chi connectivity index (χ1v) is 10.8. The third kappa shape index (κ3) is 3.25. The van der Waals surface area contributed by atoms with E-state index in [0.717, 1.165) is 52.5 Å². The van der Waals surface area contributed by atoms with Gasteiger partial charge in [-0.3, -0.25) is 5.10 Å². The summed E-state index contributed by atoms with van der Waals surface area (Å²) in [4.78, 5) is 11.7. The van der Waals surface area contributed by atoms with E-state index in [1.54, 1.807) is 6.33 Å². The van der Waals surface area contributed by atoms with Crippen LogP contribution in [0.5, 0.6) is 0 Å². The minimum absolute atomic E-state index is 0.778. The van der Waals surface area contributed by atoms with Crippen molar-refractivity contribution in [2.45, 2.75) is 38.5 Å². The van der Waals surface area contributed by atoms with E-state index in [1.807, 2.05) is 23.6 Å². The van der Waals surface area contributed by atoms with Crippen molar-refractivity contribution in [2.24, 2.45) is 11.7 Å². The molecule has 1 aliphatic rings. The molecule has 7 heteroatoms. The van der Waals surface area contributed by atoms with Crippen LogP contribution in [0.15, 0.2) is 30.7 Å². The van der Waals surface area contributed by atoms with E-state index in [2.05, 4.69) is 37.6 Å². The molecule has 0 bridgehead atoms. The first-order valence-electron chi connectivity index (χ1n) is 9.97. The number of aromatic amines is 1. The summed E-state index contributed by atoms with van der Waals surface area (Å²) < 4.78 is 0. The Morgan fingerprint density at radius 1 is 1.25 bits per heavy atom. The Bertz CT molecular complexity index is 1110. The molecule has 0 fully saturated rings. The third-order valence-corrected chi connectivity index (χ3v) is 6.88. The number of thiophene rings is 1. The fourth-order valence-electron chi connectivity index (χ4n) is 4.25. The number of fused-ring (bicyclic) bond motifs is 4. The Kier molecular flexibility index (Phi) is 4.70. The molecule has 4 N–H and O–H groups in total. The molecule has 1 aliphatic carbocycles. The summed E-state index contributed by atoms with van der Waals surface area (Å²) in [6.45, 7) is 0.802. The molecule has 5 rings (SSSR count). The molecule has 0 radical (unpaired) electrons. The first kappa shape index (κ1) is 17.6. The van der Waals surface area contributed by atoms with Crippen molar-refractivity contribution in [1.82, 2.24) is 20.2 Å². The van der Waals surface area contributed by atoms with Crippen LogP contribution in [0.2, 0.25) is 0 Å². The van der Waals surface area contributed by atoms with E-state index >= 15 is 0 Å². The number of hydrogen-bond donors (Lipinski definition) is 3. The maximum Gasteiger partial charge on any atom is 0.142 e. The summed E-state index contributed by atoms with van der Waals surface area (Å²) >= 11 is 1.84. The summed E-state index contributed by atoms with van der Waals surface area (Å²) in [5, 5.41) is 12.9. The minimum atomic E-state index is 0.778. The average Bonchev–Trinajstić information content (AvgIpc) is 3.32. The van der Waals surface area contributed by atoms with Crippen molar-refractivity contribution in [3.63, 3.8) is 0 Å². The van der Waals surface area contributed by atoms with Crippen LogP contribution in [0.3, 0.4) is 0 Å². The second-order valence-corrected chi connectivity index (χ2v) is 8.68. The predicted molar refractivity (Wildman–Crippen MR) is 115 cm³/mol. The van der Waals surface area contributed by atoms with Crippen LogP contribution in [-0.2, 0) is 12.8 Å². The van der Waals surface area contributed by atoms with E-state index < -0.39 is 0 Å². The van der Waals surface area contributed by atoms with Gasteiger partial charge in [0.25, 0.3) is 0 Å². The lowest BCUT2D eigenvalue weighted by Crippen LogP contribution is -2.13. The van der Waals surface area contributed by atoms with Crippen molar-refractivity contribution >= 4 is 44.0 Å². The van der Waals surface area contributed by atoms with E-state index in [1.165, 1.54) is 41.5 Å². The first-order chi connectivity index (χ1) is 13.8. The molecule has 144 valence electrons. The molecule has 0 spiro atoms. The third-order valence-electron chi connectivity index (χ3n) is 5.72. The molecule has 4 aromatic rings. The van der Waals surface area contributed by atoms with Gasteiger partial charge in [0, 0.05) is 16.0 Å². The molecule has 0 aliphatic heterocycles. The van der Waals surface area contributed by atoms with Gasteiger partial charge in [0.05, 0.1) is 17.1 Å². The Labute approximate surface area is 167 Å². The lowest BCUT2D eigenvalue weighted by molar-refractivity contribution is 0.415. The van der Waals surface area contributed by atoms with E-state index in [0.29, 0.717) is 0 Å². The Morgan fingerprint density at radius 2 is 2.21 bits per heavy atom. The molecule has 0 saturated heterocycles. The fraction of sp³-hybridized carbons (Fsp3) is 0.381. The van der Waals surface area contributed by atoms with E-state index in [4.69, 9.17) is 5.73 Å². The lowest BCUT2D eigenvalue weighted by atomic mass is 9.85. The molecule has 28 heavy (non-hydrogen) atoms. The van der Waals surface area contributed by atoms with Gasteiger partial charge >= 0.3 is 0 Å². The topological polar surface area (TPSA) is 92.5 Å². The highest BCUT2D eigenvalue weighted by molar-refractivity contribution is 7.19. The molecule has 3 aromatic heterocycles. The molecule has 6 nitrogen and oxygen atoms in total. The summed E-state index contributed by atoms with van der Waals surface area (Å²) in [7, 11) is 0. The summed E-state index contributed by atoms with van der Waals surface area (Å²) in [6.07, 6.45) is 10.7. The van der Waals surface area contributed by atoms with Gasteiger partial charge in [-0.2, -0.15) is 5.10 Å². The highest BCUT2D eigenvalue weighted by Crippen LogP contribution is 2.41. The molecule has 1 atom stereocenters. The average molecular weight is 393 g/mol. The summed E-state index contributed by atoms with van der Waals surface area (Å²) in [5.41, 5.74) is 9.15. The van der Waals surface area contributed by atoms with E-state index in [9.17, 15) is 0 Å². The van der Waals surface area contributed by atoms with Crippen molar-refractivity contribution in [3.8, 4) is 0 Å². The molecule has 1 unspecified atom stereocenters. The number of aromatic nitrogens is 4. The standard InChI is InChI=1S/C21H24N6S/c22-8-2-1-3-13-4-6-16-18(9-13)28-21-19(16)20(23-12-24-21)26-15-5-7-17-14(10-15)11-25-27-17/h5,7,10-13H,1-4,6,8-9,22H2,(H,25,27)(H,23,24,26). The van der Waals surface area contributed by atoms with E-state index in [-0.39, 0.29) is 0 Å². The Balaban J connectivity index is 1.44. The van der Waals surface area contributed by atoms with Crippen molar-refractivity contribution in [2.75, 3.05) is 11.9 Å². The maximum atomic E-state index is 5.65. The van der Waals surface area contributed by atoms with Crippen LogP contribution in [0.4, 0.5) is 11.5 Å². The van der Waals surface area contributed by atoms with Crippen molar-refractivity contribution in [3.05, 3.63) is 41.2 Å². The Hall–Kier alpha value is -2.51. The second-order valence-electron chi connectivity index (χ2n) is 7.60. The van der Waals surface area contributed by atoms with Crippen LogP contribution in [0.25, 0.3) is 21.1 Å². The number of rotatable bonds is 6. The maximum absolute atomic E-state index is 5.65. The quantitative estimate of drug-likeness (QED) is 0.419. The SMILES string of the molecule is NCCCCC1CCc2c(sc3ncnc(Nc4ccc5[nH]ncc5c4)c23)C1. The number of nitrogens with two attached hydrogens (primary N) is 1. The van der Waals surface area contributed by atoms with Gasteiger partial charge < -0.3 is 11.1 Å². The zero-order valence-electron chi connectivity index (χ0n) is 15.7. The van der Waals surface area contributed by atoms with Crippen LogP contribution in [-0.4, -0.2) is 26.7 Å². The van der Waals surface area contributed by atoms with Crippen LogP contribution in [0, 0.1) is 5.92 Å². The highest BCUT2D eigenvalue weighted by atomic mass is 32.1. The zero-order chi connectivity index (χ0) is 18.9. The highest BCUT2D eigenvalue weighted by Gasteiger charge is 2.25. The van der Waals surface area contributed by atoms with Crippen molar-refractivity contribution in [1.29, 1.82) is 0 Å². The van der Waals surface area contributed by atoms with Crippen LogP contribution >= 0.6 is 11.3 Å².